The summed E-state index contributed by atoms with van der Waals surface area (Å²) in [4.78, 5) is 8.34. The number of fused-ring (bicyclic) bond motifs is 1. The Kier molecular flexibility index (Phi) is 3.71. The molecule has 1 atom stereocenters. The van der Waals surface area contributed by atoms with E-state index in [2.05, 4.69) is 9.97 Å². The van der Waals surface area contributed by atoms with Gasteiger partial charge in [0.15, 0.2) is 6.29 Å². The lowest BCUT2D eigenvalue weighted by Gasteiger charge is -2.13. The zero-order chi connectivity index (χ0) is 15.0. The van der Waals surface area contributed by atoms with Gasteiger partial charge in [-0.3, -0.25) is 0 Å². The maximum atomic E-state index is 9.38. The molecule has 2 heterocycles. The summed E-state index contributed by atoms with van der Waals surface area (Å²) in [5.41, 5.74) is 1.29. The number of benzene rings is 1. The molecule has 7 heteroatoms. The highest BCUT2D eigenvalue weighted by molar-refractivity contribution is 6.45. The molecule has 1 N–H and O–H groups in total. The number of pyridine rings is 1. The Hall–Kier alpha value is -1.82. The van der Waals surface area contributed by atoms with Crippen molar-refractivity contribution in [2.75, 3.05) is 0 Å². The van der Waals surface area contributed by atoms with Crippen molar-refractivity contribution >= 4 is 34.1 Å². The van der Waals surface area contributed by atoms with Crippen LogP contribution >= 0.6 is 23.2 Å². The monoisotopic (exact) mass is 323 g/mol. The molecule has 0 aliphatic heterocycles. The maximum Gasteiger partial charge on any atom is 0.218 e. The first-order valence-electron chi connectivity index (χ1n) is 6.18. The SMILES string of the molecule is CC(O)Oc1cc(-n2ccnc2)c2ccc(Cl)c(Cl)c2n1. The van der Waals surface area contributed by atoms with Gasteiger partial charge in [-0.05, 0) is 19.1 Å². The summed E-state index contributed by atoms with van der Waals surface area (Å²) in [7, 11) is 0. The Morgan fingerprint density at radius 3 is 2.81 bits per heavy atom. The van der Waals surface area contributed by atoms with Crippen molar-refractivity contribution in [1.82, 2.24) is 14.5 Å². The molecule has 0 saturated heterocycles. The quantitative estimate of drug-likeness (QED) is 0.750. The second kappa shape index (κ2) is 5.52. The minimum Gasteiger partial charge on any atom is -0.448 e. The number of rotatable bonds is 3. The van der Waals surface area contributed by atoms with Crippen LogP contribution in [0.4, 0.5) is 0 Å². The van der Waals surface area contributed by atoms with E-state index in [1.54, 1.807) is 30.9 Å². The van der Waals surface area contributed by atoms with Crippen molar-refractivity contribution < 1.29 is 9.84 Å². The molecule has 0 radical (unpaired) electrons. The molecule has 0 spiro atoms. The number of imidazole rings is 1. The zero-order valence-electron chi connectivity index (χ0n) is 11.0. The molecular weight excluding hydrogens is 313 g/mol. The average molecular weight is 324 g/mol. The van der Waals surface area contributed by atoms with Gasteiger partial charge < -0.3 is 14.4 Å². The van der Waals surface area contributed by atoms with E-state index < -0.39 is 6.29 Å². The van der Waals surface area contributed by atoms with Crippen molar-refractivity contribution in [2.45, 2.75) is 13.2 Å². The molecule has 3 aromatic rings. The van der Waals surface area contributed by atoms with Gasteiger partial charge in [0, 0.05) is 23.8 Å². The number of ether oxygens (including phenoxy) is 1. The Morgan fingerprint density at radius 1 is 1.33 bits per heavy atom. The van der Waals surface area contributed by atoms with Gasteiger partial charge in [-0.1, -0.05) is 23.2 Å². The van der Waals surface area contributed by atoms with E-state index in [1.807, 2.05) is 10.6 Å². The molecule has 2 aromatic heterocycles. The van der Waals surface area contributed by atoms with Crippen LogP contribution in [0.1, 0.15) is 6.92 Å². The van der Waals surface area contributed by atoms with Crippen molar-refractivity contribution in [1.29, 1.82) is 0 Å². The van der Waals surface area contributed by atoms with Gasteiger partial charge in [0.05, 0.1) is 27.6 Å². The second-order valence-electron chi connectivity index (χ2n) is 4.42. The molecule has 0 aliphatic carbocycles. The second-order valence-corrected chi connectivity index (χ2v) is 5.21. The Labute approximate surface area is 130 Å². The van der Waals surface area contributed by atoms with E-state index in [0.29, 0.717) is 15.6 Å². The first kappa shape index (κ1) is 14.1. The van der Waals surface area contributed by atoms with Crippen LogP contribution in [0.15, 0.2) is 36.9 Å². The number of hydrogen-bond donors (Lipinski definition) is 1. The summed E-state index contributed by atoms with van der Waals surface area (Å²) in [5.74, 6) is 0.255. The van der Waals surface area contributed by atoms with Crippen molar-refractivity contribution in [3.8, 4) is 11.6 Å². The van der Waals surface area contributed by atoms with Gasteiger partial charge in [0.1, 0.15) is 0 Å². The van der Waals surface area contributed by atoms with Gasteiger partial charge in [-0.15, -0.1) is 0 Å². The van der Waals surface area contributed by atoms with Gasteiger partial charge in [-0.2, -0.15) is 0 Å². The normalized spacial score (nSPS) is 12.6. The van der Waals surface area contributed by atoms with Gasteiger partial charge in [-0.25, -0.2) is 9.97 Å². The first-order valence-corrected chi connectivity index (χ1v) is 6.93. The Bertz CT molecular complexity index is 789. The lowest BCUT2D eigenvalue weighted by molar-refractivity contribution is -0.00342. The van der Waals surface area contributed by atoms with Crippen LogP contribution in [0.5, 0.6) is 5.88 Å². The summed E-state index contributed by atoms with van der Waals surface area (Å²) in [6, 6.07) is 5.25. The van der Waals surface area contributed by atoms with E-state index >= 15 is 0 Å². The van der Waals surface area contributed by atoms with Crippen molar-refractivity contribution in [3.63, 3.8) is 0 Å². The standard InChI is InChI=1S/C14H11Cl2N3O2/c1-8(20)21-12-6-11(19-5-4-17-7-19)9-2-3-10(15)13(16)14(9)18-12/h2-8,20H,1H3. The molecule has 1 aromatic carbocycles. The Morgan fingerprint density at radius 2 is 2.14 bits per heavy atom. The number of aliphatic hydroxyl groups excluding tert-OH is 1. The molecule has 108 valence electrons. The fraction of sp³-hybridized carbons (Fsp3) is 0.143. The van der Waals surface area contributed by atoms with Crippen LogP contribution < -0.4 is 4.74 Å². The van der Waals surface area contributed by atoms with Gasteiger partial charge >= 0.3 is 0 Å². The van der Waals surface area contributed by atoms with Crippen LogP contribution in [-0.2, 0) is 0 Å². The lowest BCUT2D eigenvalue weighted by Crippen LogP contribution is -2.11. The molecule has 5 nitrogen and oxygen atoms in total. The number of halogens is 2. The van der Waals surface area contributed by atoms with Gasteiger partial charge in [0.25, 0.3) is 0 Å². The molecule has 0 fully saturated rings. The summed E-state index contributed by atoms with van der Waals surface area (Å²) in [6.07, 6.45) is 4.13. The third-order valence-corrected chi connectivity index (χ3v) is 3.70. The number of aromatic nitrogens is 3. The molecule has 0 aliphatic rings. The van der Waals surface area contributed by atoms with Crippen LogP contribution in [0.3, 0.4) is 0 Å². The zero-order valence-corrected chi connectivity index (χ0v) is 12.5. The molecular formula is C14H11Cl2N3O2. The summed E-state index contributed by atoms with van der Waals surface area (Å²) in [5, 5.41) is 10.9. The topological polar surface area (TPSA) is 60.2 Å². The van der Waals surface area contributed by atoms with E-state index in [-0.39, 0.29) is 5.88 Å². The Balaban J connectivity index is 2.31. The number of nitrogens with zero attached hydrogens (tertiary/aromatic N) is 3. The molecule has 0 amide bonds. The van der Waals surface area contributed by atoms with E-state index in [0.717, 1.165) is 11.1 Å². The smallest absolute Gasteiger partial charge is 0.218 e. The maximum absolute atomic E-state index is 9.38. The van der Waals surface area contributed by atoms with Crippen LogP contribution in [-0.4, -0.2) is 25.9 Å². The largest absolute Gasteiger partial charge is 0.448 e. The third kappa shape index (κ3) is 2.68. The number of hydrogen-bond acceptors (Lipinski definition) is 4. The lowest BCUT2D eigenvalue weighted by atomic mass is 10.2. The van der Waals surface area contributed by atoms with Crippen molar-refractivity contribution in [3.05, 3.63) is 47.0 Å². The fourth-order valence-corrected chi connectivity index (χ4v) is 2.40. The van der Waals surface area contributed by atoms with Crippen molar-refractivity contribution in [2.24, 2.45) is 0 Å². The highest BCUT2D eigenvalue weighted by Gasteiger charge is 2.14. The minimum absolute atomic E-state index is 0.255. The van der Waals surface area contributed by atoms with Crippen LogP contribution in [0, 0.1) is 0 Å². The highest BCUT2D eigenvalue weighted by Crippen LogP contribution is 2.34. The van der Waals surface area contributed by atoms with Gasteiger partial charge in [0.2, 0.25) is 5.88 Å². The molecule has 21 heavy (non-hydrogen) atoms. The summed E-state index contributed by atoms with van der Waals surface area (Å²) < 4.78 is 7.07. The first-order chi connectivity index (χ1) is 10.1. The summed E-state index contributed by atoms with van der Waals surface area (Å²) >= 11 is 12.3. The minimum atomic E-state index is -0.983. The average Bonchev–Trinajstić information content (AvgIpc) is 2.96. The summed E-state index contributed by atoms with van der Waals surface area (Å²) in [6.45, 7) is 1.50. The third-order valence-electron chi connectivity index (χ3n) is 2.90. The predicted octanol–water partition coefficient (Wildman–Crippen LogP) is 3.44. The van der Waals surface area contributed by atoms with E-state index in [4.69, 9.17) is 27.9 Å². The highest BCUT2D eigenvalue weighted by atomic mass is 35.5. The fourth-order valence-electron chi connectivity index (χ4n) is 2.04. The molecule has 3 rings (SSSR count). The van der Waals surface area contributed by atoms with E-state index in [1.165, 1.54) is 6.92 Å². The van der Waals surface area contributed by atoms with Crippen LogP contribution in [0.2, 0.25) is 10.0 Å². The van der Waals surface area contributed by atoms with Crippen LogP contribution in [0.25, 0.3) is 16.6 Å². The predicted molar refractivity (Wildman–Crippen MR) is 81.2 cm³/mol. The molecule has 0 saturated carbocycles. The number of aliphatic hydroxyl groups is 1. The van der Waals surface area contributed by atoms with E-state index in [9.17, 15) is 5.11 Å². The molecule has 0 bridgehead atoms. The molecule has 1 unspecified atom stereocenters.